The Bertz CT molecular complexity index is 438. The van der Waals surface area contributed by atoms with E-state index in [4.69, 9.17) is 22.1 Å². The van der Waals surface area contributed by atoms with Gasteiger partial charge in [0.15, 0.2) is 13.2 Å². The summed E-state index contributed by atoms with van der Waals surface area (Å²) < 4.78 is 10.3. The van der Waals surface area contributed by atoms with Crippen molar-refractivity contribution >= 4 is 39.4 Å². The van der Waals surface area contributed by atoms with Crippen LogP contribution in [0.25, 0.3) is 0 Å². The first-order chi connectivity index (χ1) is 7.99. The van der Waals surface area contributed by atoms with Crippen LogP contribution in [0.2, 0.25) is 5.02 Å². The van der Waals surface area contributed by atoms with Gasteiger partial charge in [-0.05, 0) is 34.1 Å². The minimum absolute atomic E-state index is 0.312. The van der Waals surface area contributed by atoms with Crippen LogP contribution in [0.4, 0.5) is 0 Å². The van der Waals surface area contributed by atoms with E-state index >= 15 is 0 Å². The topological polar surface area (TPSA) is 78.6 Å². The second kappa shape index (κ2) is 6.46. The molecule has 0 spiro atoms. The van der Waals surface area contributed by atoms with Crippen LogP contribution in [-0.4, -0.2) is 25.1 Å². The van der Waals surface area contributed by atoms with Crippen LogP contribution >= 0.6 is 27.5 Å². The summed E-state index contributed by atoms with van der Waals surface area (Å²) in [6.07, 6.45) is 0. The minimum atomic E-state index is -0.717. The molecule has 1 amide bonds. The summed E-state index contributed by atoms with van der Waals surface area (Å²) in [5, 5.41) is 0.542. The molecule has 0 aliphatic carbocycles. The summed E-state index contributed by atoms with van der Waals surface area (Å²) in [4.78, 5) is 21.5. The zero-order valence-corrected chi connectivity index (χ0v) is 11.0. The number of benzene rings is 1. The first kappa shape index (κ1) is 13.8. The molecule has 0 unspecified atom stereocenters. The number of hydrogen-bond acceptors (Lipinski definition) is 4. The van der Waals surface area contributed by atoms with Crippen molar-refractivity contribution in [2.24, 2.45) is 5.73 Å². The molecule has 0 aliphatic heterocycles. The van der Waals surface area contributed by atoms with E-state index in [-0.39, 0.29) is 6.61 Å². The maximum Gasteiger partial charge on any atom is 0.344 e. The molecule has 0 saturated heterocycles. The predicted octanol–water partition coefficient (Wildman–Crippen LogP) is 1.51. The average molecular weight is 323 g/mol. The van der Waals surface area contributed by atoms with Crippen LogP contribution in [0.1, 0.15) is 0 Å². The Labute approximate surface area is 111 Å². The predicted molar refractivity (Wildman–Crippen MR) is 64.8 cm³/mol. The van der Waals surface area contributed by atoms with Gasteiger partial charge < -0.3 is 15.2 Å². The number of carbonyl (C=O) groups excluding carboxylic acids is 2. The molecule has 1 aromatic carbocycles. The lowest BCUT2D eigenvalue weighted by atomic mass is 10.3. The van der Waals surface area contributed by atoms with Crippen LogP contribution in [0.3, 0.4) is 0 Å². The molecule has 92 valence electrons. The van der Waals surface area contributed by atoms with E-state index in [0.717, 1.165) is 0 Å². The van der Waals surface area contributed by atoms with Crippen molar-refractivity contribution in [3.8, 4) is 5.75 Å². The van der Waals surface area contributed by atoms with Gasteiger partial charge in [-0.15, -0.1) is 0 Å². The van der Waals surface area contributed by atoms with E-state index in [2.05, 4.69) is 20.7 Å². The quantitative estimate of drug-likeness (QED) is 0.834. The van der Waals surface area contributed by atoms with Crippen molar-refractivity contribution < 1.29 is 19.1 Å². The maximum atomic E-state index is 11.1. The van der Waals surface area contributed by atoms with Crippen molar-refractivity contribution in [2.75, 3.05) is 13.2 Å². The van der Waals surface area contributed by atoms with Gasteiger partial charge in [0.25, 0.3) is 5.91 Å². The van der Waals surface area contributed by atoms with Gasteiger partial charge in [0.2, 0.25) is 0 Å². The first-order valence-corrected chi connectivity index (χ1v) is 5.68. The number of halogens is 2. The van der Waals surface area contributed by atoms with Gasteiger partial charge in [-0.2, -0.15) is 0 Å². The first-order valence-electron chi connectivity index (χ1n) is 4.51. The Kier molecular flexibility index (Phi) is 5.24. The van der Waals surface area contributed by atoms with E-state index in [0.29, 0.717) is 15.2 Å². The van der Waals surface area contributed by atoms with Crippen LogP contribution < -0.4 is 10.5 Å². The number of primary amides is 1. The molecule has 0 fully saturated rings. The van der Waals surface area contributed by atoms with Gasteiger partial charge in [0.05, 0.1) is 4.47 Å². The fraction of sp³-hybridized carbons (Fsp3) is 0.200. The monoisotopic (exact) mass is 321 g/mol. The number of esters is 1. The molecule has 17 heavy (non-hydrogen) atoms. The molecule has 2 N–H and O–H groups in total. The highest BCUT2D eigenvalue weighted by molar-refractivity contribution is 9.10. The Morgan fingerprint density at radius 3 is 2.65 bits per heavy atom. The van der Waals surface area contributed by atoms with Gasteiger partial charge in [-0.1, -0.05) is 11.6 Å². The number of nitrogens with two attached hydrogens (primary N) is 1. The SMILES string of the molecule is NC(=O)COC(=O)COc1ccc(Cl)cc1Br. The van der Waals surface area contributed by atoms with E-state index in [1.165, 1.54) is 0 Å². The zero-order valence-electron chi connectivity index (χ0n) is 8.61. The molecule has 0 atom stereocenters. The summed E-state index contributed by atoms with van der Waals surface area (Å²) in [7, 11) is 0. The number of rotatable bonds is 5. The van der Waals surface area contributed by atoms with Crippen LogP contribution in [0, 0.1) is 0 Å². The lowest BCUT2D eigenvalue weighted by Crippen LogP contribution is -2.23. The van der Waals surface area contributed by atoms with Gasteiger partial charge in [-0.3, -0.25) is 4.79 Å². The van der Waals surface area contributed by atoms with Crippen molar-refractivity contribution in [1.82, 2.24) is 0 Å². The van der Waals surface area contributed by atoms with E-state index in [1.807, 2.05) is 0 Å². The zero-order chi connectivity index (χ0) is 12.8. The molecule has 0 bridgehead atoms. The molecule has 5 nitrogen and oxygen atoms in total. The smallest absolute Gasteiger partial charge is 0.344 e. The van der Waals surface area contributed by atoms with Gasteiger partial charge in [0, 0.05) is 5.02 Å². The Morgan fingerprint density at radius 2 is 2.06 bits per heavy atom. The molecule has 0 heterocycles. The number of carbonyl (C=O) groups is 2. The van der Waals surface area contributed by atoms with Gasteiger partial charge in [0.1, 0.15) is 5.75 Å². The Morgan fingerprint density at radius 1 is 1.35 bits per heavy atom. The molecule has 1 aromatic rings. The summed E-state index contributed by atoms with van der Waals surface area (Å²) in [6, 6.07) is 4.86. The molecular formula is C10H9BrClNO4. The third-order valence-corrected chi connectivity index (χ3v) is 2.47. The fourth-order valence-corrected chi connectivity index (χ4v) is 1.72. The average Bonchev–Trinajstić information content (AvgIpc) is 2.25. The van der Waals surface area contributed by atoms with E-state index in [1.54, 1.807) is 18.2 Å². The lowest BCUT2D eigenvalue weighted by Gasteiger charge is -2.07. The maximum absolute atomic E-state index is 11.1. The third kappa shape index (κ3) is 5.06. The number of hydrogen-bond donors (Lipinski definition) is 1. The molecular weight excluding hydrogens is 313 g/mol. The summed E-state index contributed by atoms with van der Waals surface area (Å²) in [6.45, 7) is -0.766. The second-order valence-electron chi connectivity index (χ2n) is 2.99. The van der Waals surface area contributed by atoms with Crippen molar-refractivity contribution in [3.05, 3.63) is 27.7 Å². The summed E-state index contributed by atoms with van der Waals surface area (Å²) in [5.74, 6) is -0.943. The van der Waals surface area contributed by atoms with E-state index < -0.39 is 18.5 Å². The Hall–Kier alpha value is -1.27. The molecule has 0 aromatic heterocycles. The van der Waals surface area contributed by atoms with Gasteiger partial charge in [-0.25, -0.2) is 4.79 Å². The fourth-order valence-electron chi connectivity index (χ4n) is 0.922. The largest absolute Gasteiger partial charge is 0.481 e. The molecule has 1 rings (SSSR count). The van der Waals surface area contributed by atoms with Gasteiger partial charge >= 0.3 is 5.97 Å². The molecule has 0 aliphatic rings. The summed E-state index contributed by atoms with van der Waals surface area (Å²) in [5.41, 5.74) is 4.81. The highest BCUT2D eigenvalue weighted by Gasteiger charge is 2.08. The standard InChI is InChI=1S/C10H9BrClNO4/c11-7-3-6(12)1-2-8(7)16-5-10(15)17-4-9(13)14/h1-3H,4-5H2,(H2,13,14). The number of ether oxygens (including phenoxy) is 2. The van der Waals surface area contributed by atoms with Crippen molar-refractivity contribution in [3.63, 3.8) is 0 Å². The highest BCUT2D eigenvalue weighted by atomic mass is 79.9. The molecule has 7 heteroatoms. The minimum Gasteiger partial charge on any atom is -0.481 e. The van der Waals surface area contributed by atoms with Crippen LogP contribution in [0.15, 0.2) is 22.7 Å². The molecule has 0 saturated carbocycles. The van der Waals surface area contributed by atoms with Crippen LogP contribution in [-0.2, 0) is 14.3 Å². The van der Waals surface area contributed by atoms with Crippen molar-refractivity contribution in [2.45, 2.75) is 0 Å². The number of amides is 1. The second-order valence-corrected chi connectivity index (χ2v) is 4.28. The van der Waals surface area contributed by atoms with Crippen molar-refractivity contribution in [1.29, 1.82) is 0 Å². The highest BCUT2D eigenvalue weighted by Crippen LogP contribution is 2.27. The normalized spacial score (nSPS) is 9.76. The third-order valence-electron chi connectivity index (χ3n) is 1.61. The molecule has 0 radical (unpaired) electrons. The van der Waals surface area contributed by atoms with E-state index in [9.17, 15) is 9.59 Å². The Balaban J connectivity index is 2.44. The van der Waals surface area contributed by atoms with Crippen LogP contribution in [0.5, 0.6) is 5.75 Å². The lowest BCUT2D eigenvalue weighted by molar-refractivity contribution is -0.149. The summed E-state index contributed by atoms with van der Waals surface area (Å²) >= 11 is 8.96.